The van der Waals surface area contributed by atoms with Crippen molar-refractivity contribution in [3.63, 3.8) is 0 Å². The molecule has 0 atom stereocenters. The van der Waals surface area contributed by atoms with Gasteiger partial charge in [0, 0.05) is 12.7 Å². The van der Waals surface area contributed by atoms with Crippen LogP contribution >= 0.6 is 0 Å². The summed E-state index contributed by atoms with van der Waals surface area (Å²) in [6, 6.07) is 10.7. The summed E-state index contributed by atoms with van der Waals surface area (Å²) in [4.78, 5) is 13.9. The summed E-state index contributed by atoms with van der Waals surface area (Å²) < 4.78 is 5.37. The summed E-state index contributed by atoms with van der Waals surface area (Å²) in [6.45, 7) is 3.58. The zero-order chi connectivity index (χ0) is 14.0. The second kappa shape index (κ2) is 4.99. The average molecular weight is 254 g/mol. The van der Waals surface area contributed by atoms with E-state index in [1.54, 1.807) is 49.2 Å². The lowest BCUT2D eigenvalue weighted by Crippen LogP contribution is -2.26. The maximum Gasteiger partial charge on any atom is 0.261 e. The second-order valence-electron chi connectivity index (χ2n) is 4.35. The van der Waals surface area contributed by atoms with Gasteiger partial charge in [-0.15, -0.1) is 0 Å². The van der Waals surface area contributed by atoms with Gasteiger partial charge in [-0.1, -0.05) is 0 Å². The van der Waals surface area contributed by atoms with E-state index in [0.29, 0.717) is 22.6 Å². The number of hydrogen-bond donors (Lipinski definition) is 0. The maximum absolute atomic E-state index is 12.3. The maximum atomic E-state index is 12.3. The van der Waals surface area contributed by atoms with E-state index in [0.717, 1.165) is 5.69 Å². The van der Waals surface area contributed by atoms with Crippen molar-refractivity contribution in [2.45, 2.75) is 13.8 Å². The van der Waals surface area contributed by atoms with Crippen LogP contribution in [-0.2, 0) is 0 Å². The molecule has 0 N–H and O–H groups in total. The highest BCUT2D eigenvalue weighted by atomic mass is 16.3. The van der Waals surface area contributed by atoms with Crippen LogP contribution < -0.4 is 4.90 Å². The second-order valence-corrected chi connectivity index (χ2v) is 4.35. The normalized spacial score (nSPS) is 10.0. The molecule has 19 heavy (non-hydrogen) atoms. The molecule has 1 aromatic carbocycles. The van der Waals surface area contributed by atoms with Crippen molar-refractivity contribution in [2.24, 2.45) is 0 Å². The third-order valence-electron chi connectivity index (χ3n) is 2.96. The zero-order valence-electron chi connectivity index (χ0n) is 11.1. The Morgan fingerprint density at radius 3 is 2.37 bits per heavy atom. The number of carbonyl (C=O) groups is 1. The molecule has 0 spiro atoms. The van der Waals surface area contributed by atoms with E-state index in [1.165, 1.54) is 0 Å². The lowest BCUT2D eigenvalue weighted by atomic mass is 10.2. The number of hydrogen-bond acceptors (Lipinski definition) is 3. The van der Waals surface area contributed by atoms with Gasteiger partial charge in [0.25, 0.3) is 5.91 Å². The number of carbonyl (C=O) groups excluding carboxylic acids is 1. The van der Waals surface area contributed by atoms with Crippen molar-refractivity contribution < 1.29 is 9.21 Å². The predicted molar refractivity (Wildman–Crippen MR) is 72.1 cm³/mol. The Balaban J connectivity index is 2.28. The molecule has 1 aromatic heterocycles. The van der Waals surface area contributed by atoms with Crippen LogP contribution in [0.1, 0.15) is 27.4 Å². The molecule has 0 aliphatic rings. The van der Waals surface area contributed by atoms with Gasteiger partial charge in [0.1, 0.15) is 11.5 Å². The van der Waals surface area contributed by atoms with Gasteiger partial charge in [-0.05, 0) is 44.2 Å². The number of rotatable bonds is 2. The highest BCUT2D eigenvalue weighted by molar-refractivity contribution is 6.06. The van der Waals surface area contributed by atoms with Gasteiger partial charge < -0.3 is 9.32 Å². The molecule has 0 saturated heterocycles. The summed E-state index contributed by atoms with van der Waals surface area (Å²) in [5.74, 6) is 1.20. The van der Waals surface area contributed by atoms with Gasteiger partial charge in [0.15, 0.2) is 0 Å². The zero-order valence-corrected chi connectivity index (χ0v) is 11.1. The minimum absolute atomic E-state index is 0.126. The van der Waals surface area contributed by atoms with Gasteiger partial charge in [0.05, 0.1) is 17.2 Å². The summed E-state index contributed by atoms with van der Waals surface area (Å²) >= 11 is 0. The number of amides is 1. The molecule has 1 amide bonds. The molecule has 4 nitrogen and oxygen atoms in total. The van der Waals surface area contributed by atoms with Crippen molar-refractivity contribution in [3.8, 4) is 6.07 Å². The largest absolute Gasteiger partial charge is 0.466 e. The van der Waals surface area contributed by atoms with Crippen LogP contribution in [-0.4, -0.2) is 13.0 Å². The first kappa shape index (κ1) is 12.9. The molecule has 0 radical (unpaired) electrons. The third-order valence-corrected chi connectivity index (χ3v) is 2.96. The molecule has 0 bridgehead atoms. The van der Waals surface area contributed by atoms with Crippen LogP contribution in [0.15, 0.2) is 34.7 Å². The Hall–Kier alpha value is -2.54. The van der Waals surface area contributed by atoms with Gasteiger partial charge in [-0.3, -0.25) is 4.79 Å². The minimum atomic E-state index is -0.126. The molecule has 96 valence electrons. The molecular formula is C15H14N2O2. The van der Waals surface area contributed by atoms with Gasteiger partial charge >= 0.3 is 0 Å². The van der Waals surface area contributed by atoms with Gasteiger partial charge in [-0.25, -0.2) is 0 Å². The van der Waals surface area contributed by atoms with E-state index >= 15 is 0 Å². The Bertz CT molecular complexity index is 648. The minimum Gasteiger partial charge on any atom is -0.466 e. The van der Waals surface area contributed by atoms with Crippen LogP contribution in [0.25, 0.3) is 0 Å². The summed E-state index contributed by atoms with van der Waals surface area (Å²) in [7, 11) is 1.70. The number of benzene rings is 1. The molecule has 2 aromatic rings. The third kappa shape index (κ3) is 2.50. The van der Waals surface area contributed by atoms with E-state index < -0.39 is 0 Å². The fourth-order valence-electron chi connectivity index (χ4n) is 1.90. The number of anilines is 1. The van der Waals surface area contributed by atoms with Crippen LogP contribution in [0.5, 0.6) is 0 Å². The number of nitrogens with zero attached hydrogens (tertiary/aromatic N) is 2. The molecule has 0 unspecified atom stereocenters. The van der Waals surface area contributed by atoms with Crippen molar-refractivity contribution in [2.75, 3.05) is 11.9 Å². The topological polar surface area (TPSA) is 57.2 Å². The first-order valence-electron chi connectivity index (χ1n) is 5.88. The van der Waals surface area contributed by atoms with Crippen LogP contribution in [0.3, 0.4) is 0 Å². The van der Waals surface area contributed by atoms with Gasteiger partial charge in [-0.2, -0.15) is 5.26 Å². The van der Waals surface area contributed by atoms with E-state index in [9.17, 15) is 4.79 Å². The number of nitriles is 1. The van der Waals surface area contributed by atoms with Crippen molar-refractivity contribution in [3.05, 3.63) is 53.0 Å². The fourth-order valence-corrected chi connectivity index (χ4v) is 1.90. The molecule has 0 aliphatic heterocycles. The molecular weight excluding hydrogens is 240 g/mol. The van der Waals surface area contributed by atoms with E-state index in [2.05, 4.69) is 0 Å². The fraction of sp³-hybridized carbons (Fsp3) is 0.200. The van der Waals surface area contributed by atoms with Gasteiger partial charge in [0.2, 0.25) is 0 Å². The standard InChI is InChI=1S/C15H14N2O2/c1-10-8-14(11(2)19-10)15(18)17(3)13-6-4-12(9-16)5-7-13/h4-8H,1-3H3. The summed E-state index contributed by atoms with van der Waals surface area (Å²) in [5.41, 5.74) is 1.87. The quantitative estimate of drug-likeness (QED) is 0.827. The Labute approximate surface area is 111 Å². The molecule has 0 fully saturated rings. The predicted octanol–water partition coefficient (Wildman–Crippen LogP) is 3.04. The van der Waals surface area contributed by atoms with E-state index in [4.69, 9.17) is 9.68 Å². The SMILES string of the molecule is Cc1cc(C(=O)N(C)c2ccc(C#N)cc2)c(C)o1. The highest BCUT2D eigenvalue weighted by Gasteiger charge is 2.18. The van der Waals surface area contributed by atoms with Crippen molar-refractivity contribution in [1.82, 2.24) is 0 Å². The Morgan fingerprint density at radius 2 is 1.89 bits per heavy atom. The van der Waals surface area contributed by atoms with Crippen LogP contribution in [0.2, 0.25) is 0 Å². The summed E-state index contributed by atoms with van der Waals surface area (Å²) in [6.07, 6.45) is 0. The van der Waals surface area contributed by atoms with Crippen molar-refractivity contribution in [1.29, 1.82) is 5.26 Å². The van der Waals surface area contributed by atoms with E-state index in [-0.39, 0.29) is 5.91 Å². The molecule has 0 aliphatic carbocycles. The Morgan fingerprint density at radius 1 is 1.26 bits per heavy atom. The first-order valence-corrected chi connectivity index (χ1v) is 5.88. The molecule has 1 heterocycles. The molecule has 0 saturated carbocycles. The highest BCUT2D eigenvalue weighted by Crippen LogP contribution is 2.20. The van der Waals surface area contributed by atoms with Crippen LogP contribution in [0, 0.1) is 25.2 Å². The number of aryl methyl sites for hydroxylation is 2. The molecule has 2 rings (SSSR count). The van der Waals surface area contributed by atoms with Crippen LogP contribution in [0.4, 0.5) is 5.69 Å². The van der Waals surface area contributed by atoms with E-state index in [1.807, 2.05) is 13.0 Å². The van der Waals surface area contributed by atoms with Crippen molar-refractivity contribution >= 4 is 11.6 Å². The smallest absolute Gasteiger partial charge is 0.261 e. The molecule has 4 heteroatoms. The number of furan rings is 1. The lowest BCUT2D eigenvalue weighted by molar-refractivity contribution is 0.0991. The monoisotopic (exact) mass is 254 g/mol. The average Bonchev–Trinajstić information content (AvgIpc) is 2.76. The lowest BCUT2D eigenvalue weighted by Gasteiger charge is -2.16. The Kier molecular flexibility index (Phi) is 3.39. The first-order chi connectivity index (χ1) is 9.02. The summed E-state index contributed by atoms with van der Waals surface area (Å²) in [5, 5.41) is 8.75.